The number of rotatable bonds is 2. The Morgan fingerprint density at radius 1 is 1.33 bits per heavy atom. The van der Waals surface area contributed by atoms with Crippen molar-refractivity contribution in [2.24, 2.45) is 0 Å². The van der Waals surface area contributed by atoms with Crippen molar-refractivity contribution in [1.29, 1.82) is 0 Å². The number of hydrogen-bond donors (Lipinski definition) is 0. The van der Waals surface area contributed by atoms with Crippen molar-refractivity contribution < 1.29 is 13.5 Å². The SMILES string of the molecule is F/C=C(\F)Oc1ccc(Cl)cc1. The third-order valence-corrected chi connectivity index (χ3v) is 1.37. The van der Waals surface area contributed by atoms with Gasteiger partial charge < -0.3 is 4.74 Å². The Morgan fingerprint density at radius 2 is 1.92 bits per heavy atom. The molecular formula is C8H5ClF2O. The summed E-state index contributed by atoms with van der Waals surface area (Å²) in [6, 6.07) is 4.62. The second-order valence-electron chi connectivity index (χ2n) is 1.97. The molecule has 0 saturated carbocycles. The molecule has 0 atom stereocenters. The molecule has 0 spiro atoms. The van der Waals surface area contributed by atoms with E-state index in [1.807, 2.05) is 0 Å². The van der Waals surface area contributed by atoms with E-state index in [0.29, 0.717) is 5.02 Å². The van der Waals surface area contributed by atoms with Crippen molar-refractivity contribution in [2.75, 3.05) is 0 Å². The van der Waals surface area contributed by atoms with Crippen LogP contribution in [0.2, 0.25) is 5.02 Å². The van der Waals surface area contributed by atoms with Gasteiger partial charge in [0.15, 0.2) is 6.33 Å². The molecule has 0 aliphatic carbocycles. The van der Waals surface area contributed by atoms with Crippen LogP contribution in [0.1, 0.15) is 0 Å². The molecule has 0 bridgehead atoms. The first-order valence-corrected chi connectivity index (χ1v) is 3.49. The molecule has 0 unspecified atom stereocenters. The van der Waals surface area contributed by atoms with Crippen LogP contribution >= 0.6 is 11.6 Å². The van der Waals surface area contributed by atoms with E-state index in [9.17, 15) is 8.78 Å². The number of ether oxygens (including phenoxy) is 1. The highest BCUT2D eigenvalue weighted by Crippen LogP contribution is 2.17. The molecule has 0 radical (unpaired) electrons. The van der Waals surface area contributed by atoms with Crippen molar-refractivity contribution in [3.8, 4) is 5.75 Å². The first-order valence-electron chi connectivity index (χ1n) is 3.11. The van der Waals surface area contributed by atoms with Gasteiger partial charge in [-0.15, -0.1) is 0 Å². The van der Waals surface area contributed by atoms with Crippen LogP contribution in [0.3, 0.4) is 0 Å². The van der Waals surface area contributed by atoms with Gasteiger partial charge in [0.1, 0.15) is 5.75 Å². The maximum atomic E-state index is 12.1. The largest absolute Gasteiger partial charge is 0.430 e. The lowest BCUT2D eigenvalue weighted by Crippen LogP contribution is -1.87. The third kappa shape index (κ3) is 2.51. The summed E-state index contributed by atoms with van der Waals surface area (Å²) in [6.07, 6.45) is -0.255. The third-order valence-electron chi connectivity index (χ3n) is 1.11. The van der Waals surface area contributed by atoms with Crippen LogP contribution in [0.15, 0.2) is 36.6 Å². The molecule has 4 heteroatoms. The molecule has 1 nitrogen and oxygen atoms in total. The fourth-order valence-electron chi connectivity index (χ4n) is 0.637. The predicted molar refractivity (Wildman–Crippen MR) is 42.4 cm³/mol. The monoisotopic (exact) mass is 190 g/mol. The van der Waals surface area contributed by atoms with Gasteiger partial charge in [-0.2, -0.15) is 4.39 Å². The average Bonchev–Trinajstić information content (AvgIpc) is 2.09. The molecule has 0 fully saturated rings. The summed E-state index contributed by atoms with van der Waals surface area (Å²) in [7, 11) is 0. The lowest BCUT2D eigenvalue weighted by molar-refractivity contribution is 0.289. The summed E-state index contributed by atoms with van der Waals surface area (Å²) in [5.41, 5.74) is 0. The summed E-state index contributed by atoms with van der Waals surface area (Å²) in [4.78, 5) is 0. The van der Waals surface area contributed by atoms with Crippen molar-refractivity contribution >= 4 is 11.6 Å². The van der Waals surface area contributed by atoms with Crippen LogP contribution in [-0.2, 0) is 0 Å². The van der Waals surface area contributed by atoms with Crippen LogP contribution in [0.25, 0.3) is 0 Å². The van der Waals surface area contributed by atoms with Gasteiger partial charge >= 0.3 is 6.01 Å². The molecule has 0 aliphatic rings. The van der Waals surface area contributed by atoms with E-state index in [4.69, 9.17) is 11.6 Å². The molecule has 0 saturated heterocycles. The number of benzene rings is 1. The van der Waals surface area contributed by atoms with E-state index in [1.54, 1.807) is 0 Å². The minimum absolute atomic E-state index is 0.200. The summed E-state index contributed by atoms with van der Waals surface area (Å²) in [5, 5.41) is 0.506. The van der Waals surface area contributed by atoms with Crippen molar-refractivity contribution in [3.05, 3.63) is 41.6 Å². The van der Waals surface area contributed by atoms with Crippen LogP contribution < -0.4 is 4.74 Å². The lowest BCUT2D eigenvalue weighted by atomic mass is 10.3. The van der Waals surface area contributed by atoms with Crippen LogP contribution in [0.5, 0.6) is 5.75 Å². The highest BCUT2D eigenvalue weighted by Gasteiger charge is 1.97. The summed E-state index contributed by atoms with van der Waals surface area (Å²) in [6.45, 7) is 0. The van der Waals surface area contributed by atoms with E-state index in [1.165, 1.54) is 24.3 Å². The summed E-state index contributed by atoms with van der Waals surface area (Å²) >= 11 is 5.54. The Hall–Kier alpha value is -1.09. The lowest BCUT2D eigenvalue weighted by Gasteiger charge is -1.99. The van der Waals surface area contributed by atoms with Gasteiger partial charge in [-0.25, -0.2) is 4.39 Å². The van der Waals surface area contributed by atoms with Gasteiger partial charge in [0.2, 0.25) is 0 Å². The molecule has 64 valence electrons. The summed E-state index contributed by atoms with van der Waals surface area (Å²) < 4.78 is 28.0. The van der Waals surface area contributed by atoms with Gasteiger partial charge in [0, 0.05) is 5.02 Å². The van der Waals surface area contributed by atoms with Crippen LogP contribution in [-0.4, -0.2) is 0 Å². The Morgan fingerprint density at radius 3 is 2.42 bits per heavy atom. The second-order valence-corrected chi connectivity index (χ2v) is 2.41. The standard InChI is InChI=1S/C8H5ClF2O/c9-6-1-3-7(4-2-6)12-8(11)5-10/h1-5H/b8-5+. The highest BCUT2D eigenvalue weighted by molar-refractivity contribution is 6.30. The summed E-state index contributed by atoms with van der Waals surface area (Å²) in [5.74, 6) is 0.200. The molecule has 1 aromatic rings. The van der Waals surface area contributed by atoms with Gasteiger partial charge in [-0.05, 0) is 24.3 Å². The zero-order valence-corrected chi connectivity index (χ0v) is 6.68. The molecule has 1 aromatic carbocycles. The van der Waals surface area contributed by atoms with Gasteiger partial charge in [-0.3, -0.25) is 0 Å². The topological polar surface area (TPSA) is 9.23 Å². The number of halogens is 3. The molecule has 1 rings (SSSR count). The molecular weight excluding hydrogens is 186 g/mol. The average molecular weight is 191 g/mol. The second kappa shape index (κ2) is 4.07. The zero-order chi connectivity index (χ0) is 8.97. The van der Waals surface area contributed by atoms with E-state index < -0.39 is 6.01 Å². The maximum Gasteiger partial charge on any atom is 0.306 e. The molecule has 12 heavy (non-hydrogen) atoms. The smallest absolute Gasteiger partial charge is 0.306 e. The van der Waals surface area contributed by atoms with Crippen LogP contribution in [0.4, 0.5) is 8.78 Å². The Bertz CT molecular complexity index is 282. The van der Waals surface area contributed by atoms with Gasteiger partial charge in [0.25, 0.3) is 0 Å². The molecule has 0 aromatic heterocycles. The normalized spacial score (nSPS) is 11.4. The van der Waals surface area contributed by atoms with Crippen molar-refractivity contribution in [2.45, 2.75) is 0 Å². The first-order chi connectivity index (χ1) is 5.72. The molecule has 0 heterocycles. The Kier molecular flexibility index (Phi) is 3.05. The van der Waals surface area contributed by atoms with Crippen molar-refractivity contribution in [1.82, 2.24) is 0 Å². The molecule has 0 amide bonds. The van der Waals surface area contributed by atoms with Crippen molar-refractivity contribution in [3.63, 3.8) is 0 Å². The quantitative estimate of drug-likeness (QED) is 0.649. The predicted octanol–water partition coefficient (Wildman–Crippen LogP) is 3.46. The first kappa shape index (κ1) is 9.00. The number of hydrogen-bond acceptors (Lipinski definition) is 1. The van der Waals surface area contributed by atoms with Gasteiger partial charge in [0.05, 0.1) is 0 Å². The van der Waals surface area contributed by atoms with Crippen LogP contribution in [0, 0.1) is 0 Å². The highest BCUT2D eigenvalue weighted by atomic mass is 35.5. The Balaban J connectivity index is 2.71. The van der Waals surface area contributed by atoms with E-state index in [0.717, 1.165) is 0 Å². The Labute approximate surface area is 73.2 Å². The fourth-order valence-corrected chi connectivity index (χ4v) is 0.763. The van der Waals surface area contributed by atoms with Gasteiger partial charge in [-0.1, -0.05) is 11.6 Å². The zero-order valence-electron chi connectivity index (χ0n) is 5.93. The molecule has 0 N–H and O–H groups in total. The minimum atomic E-state index is -1.28. The molecule has 0 aliphatic heterocycles. The fraction of sp³-hybridized carbons (Fsp3) is 0. The maximum absolute atomic E-state index is 12.1. The van der Waals surface area contributed by atoms with E-state index in [-0.39, 0.29) is 12.1 Å². The minimum Gasteiger partial charge on any atom is -0.430 e. The van der Waals surface area contributed by atoms with E-state index >= 15 is 0 Å². The van der Waals surface area contributed by atoms with E-state index in [2.05, 4.69) is 4.74 Å².